The Morgan fingerprint density at radius 1 is 0.897 bits per heavy atom. The first-order valence-corrected chi connectivity index (χ1v) is 10.7. The van der Waals surface area contributed by atoms with Crippen molar-refractivity contribution in [2.75, 3.05) is 32.7 Å². The van der Waals surface area contributed by atoms with Gasteiger partial charge in [-0.3, -0.25) is 9.59 Å². The number of piperazine rings is 1. The van der Waals surface area contributed by atoms with Crippen molar-refractivity contribution >= 4 is 21.8 Å². The van der Waals surface area contributed by atoms with Crippen LogP contribution in [0.25, 0.3) is 0 Å². The number of rotatable bonds is 6. The van der Waals surface area contributed by atoms with Gasteiger partial charge in [-0.2, -0.15) is 0 Å². The summed E-state index contributed by atoms with van der Waals surface area (Å²) in [6.07, 6.45) is 1.45. The molecule has 1 aliphatic heterocycles. The van der Waals surface area contributed by atoms with Crippen molar-refractivity contribution in [1.29, 1.82) is 0 Å². The topological polar surface area (TPSA) is 86.8 Å². The molecule has 1 saturated heterocycles. The molecule has 0 bridgehead atoms. The van der Waals surface area contributed by atoms with E-state index in [9.17, 15) is 18.0 Å². The van der Waals surface area contributed by atoms with Gasteiger partial charge in [-0.15, -0.1) is 6.58 Å². The molecule has 0 atom stereocenters. The summed E-state index contributed by atoms with van der Waals surface area (Å²) < 4.78 is 26.9. The molecule has 29 heavy (non-hydrogen) atoms. The summed E-state index contributed by atoms with van der Waals surface area (Å²) >= 11 is 0. The summed E-state index contributed by atoms with van der Waals surface area (Å²) in [5, 5.41) is 0. The molecule has 1 N–H and O–H groups in total. The van der Waals surface area contributed by atoms with Gasteiger partial charge in [0.15, 0.2) is 0 Å². The number of amides is 2. The van der Waals surface area contributed by atoms with Crippen LogP contribution in [0.3, 0.4) is 0 Å². The molecular weight excluding hydrogens is 390 g/mol. The fourth-order valence-electron chi connectivity index (χ4n) is 3.11. The molecule has 1 fully saturated rings. The Hall–Kier alpha value is -2.97. The number of carbonyl (C=O) groups is 2. The maximum absolute atomic E-state index is 12.8. The van der Waals surface area contributed by atoms with Crippen molar-refractivity contribution in [3.05, 3.63) is 78.4 Å². The Morgan fingerprint density at radius 2 is 1.45 bits per heavy atom. The smallest absolute Gasteiger partial charge is 0.254 e. The van der Waals surface area contributed by atoms with Crippen LogP contribution >= 0.6 is 0 Å². The predicted molar refractivity (Wildman–Crippen MR) is 110 cm³/mol. The van der Waals surface area contributed by atoms with Crippen molar-refractivity contribution in [3.63, 3.8) is 0 Å². The summed E-state index contributed by atoms with van der Waals surface area (Å²) in [7, 11) is -3.70. The molecule has 0 unspecified atom stereocenters. The Balaban J connectivity index is 1.66. The summed E-state index contributed by atoms with van der Waals surface area (Å²) in [5.41, 5.74) is 0.923. The SMILES string of the molecule is C=CCNS(=O)(=O)c1cccc(C(=O)N2CCN(C(=O)c3ccccc3)CC2)c1. The second kappa shape index (κ2) is 9.02. The van der Waals surface area contributed by atoms with Gasteiger partial charge in [0.25, 0.3) is 11.8 Å². The Bertz CT molecular complexity index is 998. The predicted octanol–water partition coefficient (Wildman–Crippen LogP) is 1.75. The molecule has 8 heteroatoms. The summed E-state index contributed by atoms with van der Waals surface area (Å²) in [4.78, 5) is 28.7. The molecule has 2 amide bonds. The lowest BCUT2D eigenvalue weighted by Crippen LogP contribution is -2.50. The van der Waals surface area contributed by atoms with Gasteiger partial charge in [0.2, 0.25) is 10.0 Å². The van der Waals surface area contributed by atoms with E-state index in [1.807, 2.05) is 18.2 Å². The molecule has 7 nitrogen and oxygen atoms in total. The van der Waals surface area contributed by atoms with E-state index >= 15 is 0 Å². The molecule has 1 aliphatic rings. The van der Waals surface area contributed by atoms with E-state index in [2.05, 4.69) is 11.3 Å². The largest absolute Gasteiger partial charge is 0.335 e. The maximum atomic E-state index is 12.8. The first kappa shape index (κ1) is 20.8. The molecule has 3 rings (SSSR count). The molecular formula is C21H23N3O4S. The second-order valence-corrected chi connectivity index (χ2v) is 8.39. The molecule has 0 aromatic heterocycles. The number of hydrogen-bond acceptors (Lipinski definition) is 4. The number of sulfonamides is 1. The van der Waals surface area contributed by atoms with Crippen molar-refractivity contribution in [2.45, 2.75) is 4.90 Å². The fourth-order valence-corrected chi connectivity index (χ4v) is 4.15. The standard InChI is InChI=1S/C21H23N3O4S/c1-2-11-22-29(27,28)19-10-6-9-18(16-19)21(26)24-14-12-23(13-15-24)20(25)17-7-4-3-5-8-17/h2-10,16,22H,1,11-15H2. The van der Waals surface area contributed by atoms with Crippen LogP contribution in [0.1, 0.15) is 20.7 Å². The van der Waals surface area contributed by atoms with E-state index in [0.717, 1.165) is 0 Å². The minimum atomic E-state index is -3.70. The second-order valence-electron chi connectivity index (χ2n) is 6.62. The molecule has 2 aromatic rings. The molecule has 1 heterocycles. The number of nitrogens with one attached hydrogen (secondary N) is 1. The number of hydrogen-bond donors (Lipinski definition) is 1. The lowest BCUT2D eigenvalue weighted by Gasteiger charge is -2.35. The minimum Gasteiger partial charge on any atom is -0.335 e. The highest BCUT2D eigenvalue weighted by molar-refractivity contribution is 7.89. The number of nitrogens with zero attached hydrogens (tertiary/aromatic N) is 2. The summed E-state index contributed by atoms with van der Waals surface area (Å²) in [5.74, 6) is -0.309. The van der Waals surface area contributed by atoms with Crippen molar-refractivity contribution < 1.29 is 18.0 Å². The highest BCUT2D eigenvalue weighted by Gasteiger charge is 2.26. The van der Waals surface area contributed by atoms with Gasteiger partial charge < -0.3 is 9.80 Å². The van der Waals surface area contributed by atoms with E-state index in [1.54, 1.807) is 34.1 Å². The molecule has 0 spiro atoms. The first-order chi connectivity index (χ1) is 13.9. The molecule has 2 aromatic carbocycles. The van der Waals surface area contributed by atoms with Gasteiger partial charge in [0.1, 0.15) is 0 Å². The van der Waals surface area contributed by atoms with Crippen molar-refractivity contribution in [2.24, 2.45) is 0 Å². The van der Waals surface area contributed by atoms with Crippen LogP contribution in [-0.2, 0) is 10.0 Å². The summed E-state index contributed by atoms with van der Waals surface area (Å²) in [6, 6.07) is 15.0. The van der Waals surface area contributed by atoms with Crippen LogP contribution in [0.2, 0.25) is 0 Å². The zero-order chi connectivity index (χ0) is 20.9. The van der Waals surface area contributed by atoms with E-state index in [-0.39, 0.29) is 23.3 Å². The van der Waals surface area contributed by atoms with Gasteiger partial charge >= 0.3 is 0 Å². The summed E-state index contributed by atoms with van der Waals surface area (Å²) in [6.45, 7) is 5.24. The average Bonchev–Trinajstić information content (AvgIpc) is 2.77. The molecule has 0 saturated carbocycles. The van der Waals surface area contributed by atoms with Crippen molar-refractivity contribution in [1.82, 2.24) is 14.5 Å². The first-order valence-electron chi connectivity index (χ1n) is 9.26. The highest BCUT2D eigenvalue weighted by atomic mass is 32.2. The third-order valence-electron chi connectivity index (χ3n) is 4.68. The van der Waals surface area contributed by atoms with Gasteiger partial charge in [-0.25, -0.2) is 13.1 Å². The Labute approximate surface area is 170 Å². The third kappa shape index (κ3) is 4.90. The lowest BCUT2D eigenvalue weighted by atomic mass is 10.1. The van der Waals surface area contributed by atoms with Crippen LogP contribution in [0.5, 0.6) is 0 Å². The Kier molecular flexibility index (Phi) is 6.46. The normalized spacial score (nSPS) is 14.5. The number of benzene rings is 2. The Morgan fingerprint density at radius 3 is 2.03 bits per heavy atom. The van der Waals surface area contributed by atoms with Crippen LogP contribution in [0.4, 0.5) is 0 Å². The van der Waals surface area contributed by atoms with Crippen LogP contribution in [0.15, 0.2) is 72.1 Å². The zero-order valence-electron chi connectivity index (χ0n) is 16.0. The van der Waals surface area contributed by atoms with Gasteiger partial charge in [0.05, 0.1) is 4.90 Å². The van der Waals surface area contributed by atoms with Crippen LogP contribution in [-0.4, -0.2) is 62.8 Å². The lowest BCUT2D eigenvalue weighted by molar-refractivity contribution is 0.0535. The van der Waals surface area contributed by atoms with E-state index in [4.69, 9.17) is 0 Å². The third-order valence-corrected chi connectivity index (χ3v) is 6.11. The fraction of sp³-hybridized carbons (Fsp3) is 0.238. The van der Waals surface area contributed by atoms with Gasteiger partial charge in [0, 0.05) is 43.9 Å². The maximum Gasteiger partial charge on any atom is 0.254 e. The minimum absolute atomic E-state index is 0.0306. The van der Waals surface area contributed by atoms with E-state index < -0.39 is 10.0 Å². The zero-order valence-corrected chi connectivity index (χ0v) is 16.8. The van der Waals surface area contributed by atoms with Gasteiger partial charge in [-0.05, 0) is 30.3 Å². The molecule has 0 radical (unpaired) electrons. The van der Waals surface area contributed by atoms with E-state index in [1.165, 1.54) is 18.2 Å². The molecule has 152 valence electrons. The van der Waals surface area contributed by atoms with Crippen LogP contribution < -0.4 is 4.72 Å². The van der Waals surface area contributed by atoms with E-state index in [0.29, 0.717) is 37.3 Å². The highest BCUT2D eigenvalue weighted by Crippen LogP contribution is 2.15. The molecule has 0 aliphatic carbocycles. The average molecular weight is 413 g/mol. The van der Waals surface area contributed by atoms with Gasteiger partial charge in [-0.1, -0.05) is 30.3 Å². The van der Waals surface area contributed by atoms with Crippen molar-refractivity contribution in [3.8, 4) is 0 Å². The number of carbonyl (C=O) groups excluding carboxylic acids is 2. The monoisotopic (exact) mass is 413 g/mol. The van der Waals surface area contributed by atoms with Crippen LogP contribution in [0, 0.1) is 0 Å². The quantitative estimate of drug-likeness (QED) is 0.731.